The van der Waals surface area contributed by atoms with Crippen molar-refractivity contribution in [3.8, 4) is 5.75 Å². The van der Waals surface area contributed by atoms with Crippen molar-refractivity contribution in [1.82, 2.24) is 10.6 Å². The predicted octanol–water partition coefficient (Wildman–Crippen LogP) is 5.55. The number of hydrogen-bond donors (Lipinski definition) is 2. The number of nitrogens with one attached hydrogen (secondary N) is 2. The fourth-order valence-electron chi connectivity index (χ4n) is 4.53. The molecule has 0 saturated heterocycles. The molecular weight excluding hydrogens is 416 g/mol. The van der Waals surface area contributed by atoms with Crippen LogP contribution in [0.15, 0.2) is 65.9 Å². The second kappa shape index (κ2) is 11.0. The predicted molar refractivity (Wildman–Crippen MR) is 127 cm³/mol. The highest BCUT2D eigenvalue weighted by molar-refractivity contribution is 5.95. The van der Waals surface area contributed by atoms with E-state index in [1.165, 1.54) is 19.3 Å². The van der Waals surface area contributed by atoms with E-state index in [0.717, 1.165) is 36.8 Å². The molecule has 4 rings (SSSR count). The van der Waals surface area contributed by atoms with E-state index in [9.17, 15) is 9.59 Å². The lowest BCUT2D eigenvalue weighted by atomic mass is 9.94. The Bertz CT molecular complexity index is 994. The molecule has 6 nitrogen and oxygen atoms in total. The smallest absolute Gasteiger partial charge is 0.338 e. The number of benzene rings is 2. The Morgan fingerprint density at radius 3 is 2.36 bits per heavy atom. The topological polar surface area (TPSA) is 76.7 Å². The molecule has 2 N–H and O–H groups in total. The summed E-state index contributed by atoms with van der Waals surface area (Å²) in [6.07, 6.45) is 7.46. The van der Waals surface area contributed by atoms with Crippen molar-refractivity contribution in [3.05, 3.63) is 77.0 Å². The molecule has 0 spiro atoms. The lowest BCUT2D eigenvalue weighted by molar-refractivity contribution is -0.145. The zero-order valence-electron chi connectivity index (χ0n) is 19.1. The SMILES string of the molecule is CC1=C(C(=O)OC2CCCCCCC2)C(c2ccccc2OCc2ccccc2)NC(=O)N1. The fourth-order valence-corrected chi connectivity index (χ4v) is 4.53. The molecule has 1 atom stereocenters. The summed E-state index contributed by atoms with van der Waals surface area (Å²) >= 11 is 0. The van der Waals surface area contributed by atoms with Crippen LogP contribution in [-0.2, 0) is 16.1 Å². The maximum Gasteiger partial charge on any atom is 0.338 e. The number of para-hydroxylation sites is 1. The summed E-state index contributed by atoms with van der Waals surface area (Å²) < 4.78 is 12.1. The van der Waals surface area contributed by atoms with Crippen molar-refractivity contribution >= 4 is 12.0 Å². The van der Waals surface area contributed by atoms with Crippen molar-refractivity contribution < 1.29 is 19.1 Å². The first kappa shape index (κ1) is 22.9. The number of carbonyl (C=O) groups is 2. The Morgan fingerprint density at radius 2 is 1.61 bits per heavy atom. The van der Waals surface area contributed by atoms with Gasteiger partial charge in [0.15, 0.2) is 0 Å². The molecule has 6 heteroatoms. The first-order chi connectivity index (χ1) is 16.1. The molecule has 33 heavy (non-hydrogen) atoms. The summed E-state index contributed by atoms with van der Waals surface area (Å²) in [6.45, 7) is 2.13. The molecule has 2 aromatic rings. The number of carbonyl (C=O) groups excluding carboxylic acids is 2. The largest absolute Gasteiger partial charge is 0.489 e. The van der Waals surface area contributed by atoms with Crippen LogP contribution in [-0.4, -0.2) is 18.1 Å². The number of esters is 1. The number of hydrogen-bond acceptors (Lipinski definition) is 4. The van der Waals surface area contributed by atoms with E-state index in [-0.39, 0.29) is 18.1 Å². The molecule has 0 bridgehead atoms. The summed E-state index contributed by atoms with van der Waals surface area (Å²) in [5.41, 5.74) is 2.70. The quantitative estimate of drug-likeness (QED) is 0.568. The van der Waals surface area contributed by atoms with Crippen LogP contribution in [0, 0.1) is 0 Å². The normalized spacial score (nSPS) is 19.7. The molecule has 1 heterocycles. The number of ether oxygens (including phenoxy) is 2. The molecule has 1 unspecified atom stereocenters. The molecule has 1 aliphatic heterocycles. The van der Waals surface area contributed by atoms with Crippen molar-refractivity contribution in [2.75, 3.05) is 0 Å². The summed E-state index contributed by atoms with van der Waals surface area (Å²) in [5, 5.41) is 5.64. The van der Waals surface area contributed by atoms with Gasteiger partial charge in [0.2, 0.25) is 0 Å². The van der Waals surface area contributed by atoms with E-state index in [1.54, 1.807) is 6.92 Å². The van der Waals surface area contributed by atoms with E-state index < -0.39 is 6.04 Å². The number of rotatable bonds is 6. The number of urea groups is 1. The number of allylic oxidation sites excluding steroid dienone is 1. The molecule has 0 aromatic heterocycles. The van der Waals surface area contributed by atoms with Crippen molar-refractivity contribution in [2.45, 2.75) is 70.6 Å². The van der Waals surface area contributed by atoms with E-state index in [0.29, 0.717) is 23.6 Å². The van der Waals surface area contributed by atoms with Gasteiger partial charge in [-0.3, -0.25) is 0 Å². The van der Waals surface area contributed by atoms with Crippen molar-refractivity contribution in [3.63, 3.8) is 0 Å². The van der Waals surface area contributed by atoms with Gasteiger partial charge < -0.3 is 20.1 Å². The fraction of sp³-hybridized carbons (Fsp3) is 0.407. The van der Waals surface area contributed by atoms with E-state index in [2.05, 4.69) is 10.6 Å². The highest BCUT2D eigenvalue weighted by atomic mass is 16.5. The van der Waals surface area contributed by atoms with Crippen LogP contribution in [0.3, 0.4) is 0 Å². The molecule has 1 fully saturated rings. The molecule has 0 radical (unpaired) electrons. The minimum Gasteiger partial charge on any atom is -0.489 e. The number of amides is 2. The van der Waals surface area contributed by atoms with Gasteiger partial charge in [-0.15, -0.1) is 0 Å². The van der Waals surface area contributed by atoms with Crippen LogP contribution in [0.1, 0.15) is 69.0 Å². The first-order valence-corrected chi connectivity index (χ1v) is 11.9. The van der Waals surface area contributed by atoms with Crippen LogP contribution in [0.4, 0.5) is 4.79 Å². The average Bonchev–Trinajstić information content (AvgIpc) is 2.79. The van der Waals surface area contributed by atoms with Gasteiger partial charge in [0.1, 0.15) is 18.5 Å². The molecular formula is C27H32N2O4. The van der Waals surface area contributed by atoms with Gasteiger partial charge in [-0.2, -0.15) is 0 Å². The molecule has 1 aliphatic carbocycles. The molecule has 1 saturated carbocycles. The van der Waals surface area contributed by atoms with Gasteiger partial charge >= 0.3 is 12.0 Å². The Kier molecular flexibility index (Phi) is 7.66. The Hall–Kier alpha value is -3.28. The average molecular weight is 449 g/mol. The van der Waals surface area contributed by atoms with Gasteiger partial charge in [-0.25, -0.2) is 9.59 Å². The first-order valence-electron chi connectivity index (χ1n) is 11.9. The minimum absolute atomic E-state index is 0.0825. The summed E-state index contributed by atoms with van der Waals surface area (Å²) in [4.78, 5) is 25.7. The Morgan fingerprint density at radius 1 is 0.939 bits per heavy atom. The maximum absolute atomic E-state index is 13.3. The highest BCUT2D eigenvalue weighted by Gasteiger charge is 2.35. The van der Waals surface area contributed by atoms with Crippen LogP contribution in [0.25, 0.3) is 0 Å². The van der Waals surface area contributed by atoms with Gasteiger partial charge in [-0.1, -0.05) is 67.8 Å². The van der Waals surface area contributed by atoms with E-state index in [1.807, 2.05) is 54.6 Å². The third-order valence-corrected chi connectivity index (χ3v) is 6.28. The third-order valence-electron chi connectivity index (χ3n) is 6.28. The lowest BCUT2D eigenvalue weighted by Crippen LogP contribution is -2.45. The zero-order valence-corrected chi connectivity index (χ0v) is 19.1. The van der Waals surface area contributed by atoms with Crippen molar-refractivity contribution in [1.29, 1.82) is 0 Å². The van der Waals surface area contributed by atoms with Gasteiger partial charge in [0, 0.05) is 11.3 Å². The van der Waals surface area contributed by atoms with Gasteiger partial charge in [0.25, 0.3) is 0 Å². The summed E-state index contributed by atoms with van der Waals surface area (Å²) in [5.74, 6) is 0.242. The maximum atomic E-state index is 13.3. The van der Waals surface area contributed by atoms with Crippen LogP contribution >= 0.6 is 0 Å². The van der Waals surface area contributed by atoms with Gasteiger partial charge in [0.05, 0.1) is 11.6 Å². The van der Waals surface area contributed by atoms with Crippen molar-refractivity contribution in [2.24, 2.45) is 0 Å². The van der Waals surface area contributed by atoms with Crippen LogP contribution in [0.2, 0.25) is 0 Å². The minimum atomic E-state index is -0.647. The Labute approximate surface area is 195 Å². The summed E-state index contributed by atoms with van der Waals surface area (Å²) in [6, 6.07) is 16.4. The van der Waals surface area contributed by atoms with Gasteiger partial charge in [-0.05, 0) is 44.2 Å². The van der Waals surface area contributed by atoms with E-state index in [4.69, 9.17) is 9.47 Å². The summed E-state index contributed by atoms with van der Waals surface area (Å²) in [7, 11) is 0. The van der Waals surface area contributed by atoms with E-state index >= 15 is 0 Å². The van der Waals surface area contributed by atoms with Crippen LogP contribution in [0.5, 0.6) is 5.75 Å². The lowest BCUT2D eigenvalue weighted by Gasteiger charge is -2.30. The molecule has 2 aliphatic rings. The monoisotopic (exact) mass is 448 g/mol. The standard InChI is InChI=1S/C27H32N2O4/c1-19-24(26(30)33-21-14-8-3-2-4-9-15-21)25(29-27(31)28-19)22-16-10-11-17-23(22)32-18-20-12-6-5-7-13-20/h5-7,10-13,16-17,21,25H,2-4,8-9,14-15,18H2,1H3,(H2,28,29,31). The second-order valence-corrected chi connectivity index (χ2v) is 8.75. The molecule has 2 amide bonds. The molecule has 2 aromatic carbocycles. The third kappa shape index (κ3) is 5.95. The highest BCUT2D eigenvalue weighted by Crippen LogP contribution is 2.34. The van der Waals surface area contributed by atoms with Crippen LogP contribution < -0.4 is 15.4 Å². The zero-order chi connectivity index (χ0) is 23.0. The molecule has 174 valence electrons. The Balaban J connectivity index is 1.57. The second-order valence-electron chi connectivity index (χ2n) is 8.75.